The molecule has 0 saturated heterocycles. The Morgan fingerprint density at radius 1 is 0.842 bits per heavy atom. The van der Waals surface area contributed by atoms with Crippen LogP contribution in [0.1, 0.15) is 19.4 Å². The molecule has 1 atom stereocenters. The summed E-state index contributed by atoms with van der Waals surface area (Å²) in [7, 11) is 2.31. The lowest BCUT2D eigenvalue weighted by atomic mass is 10.1. The van der Waals surface area contributed by atoms with Gasteiger partial charge in [0.15, 0.2) is 0 Å². The van der Waals surface area contributed by atoms with Gasteiger partial charge in [0.25, 0.3) is 0 Å². The molecule has 0 saturated carbocycles. The minimum Gasteiger partial charge on any atom is -1.00 e. The Morgan fingerprint density at radius 3 is 1.79 bits per heavy atom. The summed E-state index contributed by atoms with van der Waals surface area (Å²) in [6.45, 7) is 5.61. The summed E-state index contributed by atoms with van der Waals surface area (Å²) in [5, 5.41) is 0. The second-order valence-electron chi connectivity index (χ2n) is 5.34. The highest BCUT2D eigenvalue weighted by atomic mass is 79.9. The van der Waals surface area contributed by atoms with Gasteiger partial charge in [-0.1, -0.05) is 48.5 Å². The Balaban J connectivity index is 0.00000180. The second-order valence-corrected chi connectivity index (χ2v) is 5.34. The maximum Gasteiger partial charge on any atom is 0.133 e. The summed E-state index contributed by atoms with van der Waals surface area (Å²) in [5.74, 6) is 0. The Labute approximate surface area is 127 Å². The third-order valence-corrected chi connectivity index (χ3v) is 3.84. The third-order valence-electron chi connectivity index (χ3n) is 3.84. The largest absolute Gasteiger partial charge is 1.00 e. The van der Waals surface area contributed by atoms with Gasteiger partial charge in [-0.25, -0.2) is 0 Å². The van der Waals surface area contributed by atoms with E-state index in [2.05, 4.69) is 81.6 Å². The fourth-order valence-electron chi connectivity index (χ4n) is 2.30. The standard InChI is InChI=1S/C17H22N.BrH/c1-15(2)18(3,17-12-8-5-9-13-17)14-16-10-6-4-7-11-16;/h4-13,15H,14H2,1-3H3;1H/q+1;/p-1/t18-;/m0./s1. The molecule has 0 amide bonds. The van der Waals surface area contributed by atoms with Crippen LogP contribution in [0.2, 0.25) is 0 Å². The molecule has 0 aliphatic rings. The van der Waals surface area contributed by atoms with E-state index in [0.717, 1.165) is 11.0 Å². The van der Waals surface area contributed by atoms with Crippen molar-refractivity contribution in [3.63, 3.8) is 0 Å². The van der Waals surface area contributed by atoms with Gasteiger partial charge in [0, 0.05) is 5.56 Å². The third kappa shape index (κ3) is 3.68. The first kappa shape index (κ1) is 15.9. The number of halogens is 1. The van der Waals surface area contributed by atoms with Gasteiger partial charge in [-0.15, -0.1) is 0 Å². The molecular formula is C17H22BrN. The highest BCUT2D eigenvalue weighted by Gasteiger charge is 2.28. The van der Waals surface area contributed by atoms with Crippen LogP contribution >= 0.6 is 0 Å². The molecule has 102 valence electrons. The lowest BCUT2D eigenvalue weighted by Gasteiger charge is -2.38. The van der Waals surface area contributed by atoms with Crippen LogP contribution in [-0.4, -0.2) is 13.1 Å². The van der Waals surface area contributed by atoms with Crippen molar-refractivity contribution in [2.24, 2.45) is 0 Å². The molecule has 2 aromatic rings. The summed E-state index contributed by atoms with van der Waals surface area (Å²) in [5.41, 5.74) is 2.76. The fraction of sp³-hybridized carbons (Fsp3) is 0.294. The molecule has 2 rings (SSSR count). The molecule has 19 heavy (non-hydrogen) atoms. The number of benzene rings is 2. The lowest BCUT2D eigenvalue weighted by molar-refractivity contribution is -0.00000385. The first-order valence-electron chi connectivity index (χ1n) is 6.57. The summed E-state index contributed by atoms with van der Waals surface area (Å²) in [4.78, 5) is 0. The Morgan fingerprint density at radius 2 is 1.32 bits per heavy atom. The van der Waals surface area contributed by atoms with Crippen LogP contribution < -0.4 is 21.5 Å². The highest BCUT2D eigenvalue weighted by Crippen LogP contribution is 2.26. The number of hydrogen-bond donors (Lipinski definition) is 0. The summed E-state index contributed by atoms with van der Waals surface area (Å²) in [6, 6.07) is 22.1. The van der Waals surface area contributed by atoms with E-state index in [1.807, 2.05) is 0 Å². The van der Waals surface area contributed by atoms with E-state index in [-0.39, 0.29) is 17.0 Å². The van der Waals surface area contributed by atoms with Crippen molar-refractivity contribution in [1.29, 1.82) is 0 Å². The van der Waals surface area contributed by atoms with Crippen LogP contribution in [-0.2, 0) is 6.54 Å². The van der Waals surface area contributed by atoms with Gasteiger partial charge >= 0.3 is 0 Å². The van der Waals surface area contributed by atoms with Gasteiger partial charge in [0.2, 0.25) is 0 Å². The highest BCUT2D eigenvalue weighted by molar-refractivity contribution is 5.43. The van der Waals surface area contributed by atoms with Crippen LogP contribution in [0.25, 0.3) is 0 Å². The van der Waals surface area contributed by atoms with Crippen molar-refractivity contribution in [2.75, 3.05) is 7.05 Å². The molecular weight excluding hydrogens is 298 g/mol. The smallest absolute Gasteiger partial charge is 0.133 e. The molecule has 0 aliphatic carbocycles. The molecule has 0 aromatic heterocycles. The van der Waals surface area contributed by atoms with Crippen molar-refractivity contribution in [1.82, 2.24) is 4.48 Å². The molecule has 2 heteroatoms. The number of quaternary nitrogens is 1. The molecule has 2 aromatic carbocycles. The fourth-order valence-corrected chi connectivity index (χ4v) is 2.30. The van der Waals surface area contributed by atoms with Gasteiger partial charge in [0.05, 0.1) is 13.1 Å². The number of para-hydroxylation sites is 1. The normalized spacial score (nSPS) is 13.7. The van der Waals surface area contributed by atoms with Gasteiger partial charge in [-0.3, -0.25) is 4.48 Å². The summed E-state index contributed by atoms with van der Waals surface area (Å²) < 4.78 is 0.935. The SMILES string of the molecule is CC(C)[N@+](C)(Cc1ccccc1)c1ccccc1.[Br-]. The predicted molar refractivity (Wildman–Crippen MR) is 79.4 cm³/mol. The van der Waals surface area contributed by atoms with Gasteiger partial charge in [-0.2, -0.15) is 0 Å². The summed E-state index contributed by atoms with van der Waals surface area (Å²) in [6.07, 6.45) is 0. The molecule has 0 unspecified atom stereocenters. The molecule has 0 radical (unpaired) electrons. The van der Waals surface area contributed by atoms with E-state index in [1.54, 1.807) is 0 Å². The molecule has 0 fully saturated rings. The van der Waals surface area contributed by atoms with Crippen LogP contribution in [0.15, 0.2) is 60.7 Å². The Kier molecular flexibility index (Phi) is 5.77. The maximum atomic E-state index is 2.31. The Hall–Kier alpha value is -1.12. The number of hydrogen-bond acceptors (Lipinski definition) is 0. The maximum absolute atomic E-state index is 2.31. The first-order chi connectivity index (χ1) is 8.63. The molecule has 0 aliphatic heterocycles. The van der Waals surface area contributed by atoms with Crippen molar-refractivity contribution in [2.45, 2.75) is 26.4 Å². The van der Waals surface area contributed by atoms with E-state index in [0.29, 0.717) is 6.04 Å². The zero-order valence-corrected chi connectivity index (χ0v) is 13.5. The zero-order chi connectivity index (χ0) is 13.0. The van der Waals surface area contributed by atoms with Crippen molar-refractivity contribution < 1.29 is 17.0 Å². The van der Waals surface area contributed by atoms with E-state index >= 15 is 0 Å². The summed E-state index contributed by atoms with van der Waals surface area (Å²) >= 11 is 0. The van der Waals surface area contributed by atoms with E-state index in [4.69, 9.17) is 0 Å². The van der Waals surface area contributed by atoms with Crippen LogP contribution in [0.5, 0.6) is 0 Å². The molecule has 0 N–H and O–H groups in total. The van der Waals surface area contributed by atoms with E-state index in [9.17, 15) is 0 Å². The first-order valence-corrected chi connectivity index (χ1v) is 6.57. The monoisotopic (exact) mass is 319 g/mol. The number of nitrogens with zero attached hydrogens (tertiary/aromatic N) is 1. The lowest BCUT2D eigenvalue weighted by Crippen LogP contribution is -3.00. The van der Waals surface area contributed by atoms with E-state index in [1.165, 1.54) is 11.3 Å². The number of rotatable bonds is 4. The van der Waals surface area contributed by atoms with Crippen molar-refractivity contribution >= 4 is 5.69 Å². The van der Waals surface area contributed by atoms with Crippen molar-refractivity contribution in [3.8, 4) is 0 Å². The average Bonchev–Trinajstić information content (AvgIpc) is 2.40. The predicted octanol–water partition coefficient (Wildman–Crippen LogP) is 1.24. The van der Waals surface area contributed by atoms with E-state index < -0.39 is 0 Å². The minimum atomic E-state index is 0. The van der Waals surface area contributed by atoms with Crippen LogP contribution in [0.4, 0.5) is 5.69 Å². The minimum absolute atomic E-state index is 0. The molecule has 0 heterocycles. The topological polar surface area (TPSA) is 0 Å². The van der Waals surface area contributed by atoms with Gasteiger partial charge in [0.1, 0.15) is 12.2 Å². The second kappa shape index (κ2) is 6.88. The average molecular weight is 320 g/mol. The zero-order valence-electron chi connectivity index (χ0n) is 11.9. The van der Waals surface area contributed by atoms with Gasteiger partial charge in [-0.05, 0) is 26.0 Å². The van der Waals surface area contributed by atoms with Crippen LogP contribution in [0.3, 0.4) is 0 Å². The molecule has 0 bridgehead atoms. The molecule has 0 spiro atoms. The molecule has 1 nitrogen and oxygen atoms in total. The van der Waals surface area contributed by atoms with Crippen LogP contribution in [0, 0.1) is 0 Å². The van der Waals surface area contributed by atoms with Crippen molar-refractivity contribution in [3.05, 3.63) is 66.2 Å². The quantitative estimate of drug-likeness (QED) is 0.744. The van der Waals surface area contributed by atoms with Gasteiger partial charge < -0.3 is 17.0 Å². The Bertz CT molecular complexity index is 481.